The highest BCUT2D eigenvalue weighted by atomic mass is 16.5. The van der Waals surface area contributed by atoms with Crippen LogP contribution in [0.2, 0.25) is 0 Å². The highest BCUT2D eigenvalue weighted by Gasteiger charge is 2.57. The van der Waals surface area contributed by atoms with E-state index >= 15 is 0 Å². The van der Waals surface area contributed by atoms with E-state index in [1.165, 1.54) is 6.42 Å². The molecule has 2 N–H and O–H groups in total. The van der Waals surface area contributed by atoms with Crippen LogP contribution in [0.5, 0.6) is 5.75 Å². The van der Waals surface area contributed by atoms with Gasteiger partial charge in [-0.1, -0.05) is 0 Å². The first-order valence-electron chi connectivity index (χ1n) is 9.23. The van der Waals surface area contributed by atoms with Gasteiger partial charge in [-0.05, 0) is 87.0 Å². The van der Waals surface area contributed by atoms with Crippen LogP contribution in [0.15, 0.2) is 24.3 Å². The maximum atomic E-state index is 12.6. The SMILES string of the molecule is CCOc1ccc(NC(=O)CC23CC4CC(CC(O)(C4)C2)C3)cc1. The van der Waals surface area contributed by atoms with E-state index in [4.69, 9.17) is 4.74 Å². The maximum absolute atomic E-state index is 12.6. The lowest BCUT2D eigenvalue weighted by Gasteiger charge is -2.60. The van der Waals surface area contributed by atoms with Crippen LogP contribution in [0.1, 0.15) is 51.9 Å². The number of hydrogen-bond acceptors (Lipinski definition) is 3. The van der Waals surface area contributed by atoms with Crippen molar-refractivity contribution in [1.29, 1.82) is 0 Å². The molecule has 1 aromatic carbocycles. The molecule has 5 rings (SSSR count). The highest BCUT2D eigenvalue weighted by Crippen LogP contribution is 2.62. The van der Waals surface area contributed by atoms with Crippen molar-refractivity contribution in [3.05, 3.63) is 24.3 Å². The molecule has 1 amide bonds. The molecule has 0 aromatic heterocycles. The molecule has 4 bridgehead atoms. The fourth-order valence-electron chi connectivity index (χ4n) is 5.96. The van der Waals surface area contributed by atoms with Crippen LogP contribution in [-0.2, 0) is 4.79 Å². The first-order valence-corrected chi connectivity index (χ1v) is 9.23. The number of carbonyl (C=O) groups excluding carboxylic acids is 1. The van der Waals surface area contributed by atoms with E-state index in [9.17, 15) is 9.90 Å². The van der Waals surface area contributed by atoms with Gasteiger partial charge >= 0.3 is 0 Å². The predicted molar refractivity (Wildman–Crippen MR) is 92.9 cm³/mol. The lowest BCUT2D eigenvalue weighted by atomic mass is 9.47. The molecule has 1 aromatic rings. The summed E-state index contributed by atoms with van der Waals surface area (Å²) in [6.45, 7) is 2.59. The number of aliphatic hydroxyl groups is 1. The number of anilines is 1. The number of amides is 1. The molecule has 4 aliphatic carbocycles. The Bertz CT molecular complexity index is 610. The van der Waals surface area contributed by atoms with Crippen LogP contribution < -0.4 is 10.1 Å². The summed E-state index contributed by atoms with van der Waals surface area (Å²) in [4.78, 5) is 12.6. The monoisotopic (exact) mass is 329 g/mol. The van der Waals surface area contributed by atoms with E-state index in [-0.39, 0.29) is 11.3 Å². The van der Waals surface area contributed by atoms with Crippen molar-refractivity contribution in [1.82, 2.24) is 0 Å². The van der Waals surface area contributed by atoms with Crippen LogP contribution in [0.4, 0.5) is 5.69 Å². The van der Waals surface area contributed by atoms with Crippen LogP contribution in [0, 0.1) is 17.3 Å². The largest absolute Gasteiger partial charge is 0.494 e. The number of ether oxygens (including phenoxy) is 1. The van der Waals surface area contributed by atoms with Crippen LogP contribution in [0.25, 0.3) is 0 Å². The molecule has 2 unspecified atom stereocenters. The zero-order valence-corrected chi connectivity index (χ0v) is 14.4. The van der Waals surface area contributed by atoms with E-state index in [1.54, 1.807) is 0 Å². The van der Waals surface area contributed by atoms with Gasteiger partial charge in [0.2, 0.25) is 5.91 Å². The van der Waals surface area contributed by atoms with Gasteiger partial charge < -0.3 is 15.2 Å². The molecule has 0 spiro atoms. The number of carbonyl (C=O) groups is 1. The number of hydrogen-bond donors (Lipinski definition) is 2. The summed E-state index contributed by atoms with van der Waals surface area (Å²) in [6, 6.07) is 7.53. The topological polar surface area (TPSA) is 58.6 Å². The van der Waals surface area contributed by atoms with Crippen molar-refractivity contribution in [2.45, 2.75) is 57.5 Å². The third-order valence-corrected chi connectivity index (χ3v) is 6.14. The average Bonchev–Trinajstić information content (AvgIpc) is 2.46. The number of rotatable bonds is 5. The third kappa shape index (κ3) is 3.04. The third-order valence-electron chi connectivity index (χ3n) is 6.14. The second-order valence-electron chi connectivity index (χ2n) is 8.37. The number of benzene rings is 1. The molecule has 24 heavy (non-hydrogen) atoms. The summed E-state index contributed by atoms with van der Waals surface area (Å²) in [5, 5.41) is 13.8. The molecule has 4 heteroatoms. The van der Waals surface area contributed by atoms with Gasteiger partial charge in [-0.2, -0.15) is 0 Å². The summed E-state index contributed by atoms with van der Waals surface area (Å²) in [7, 11) is 0. The van der Waals surface area contributed by atoms with Gasteiger partial charge in [0.05, 0.1) is 12.2 Å². The Morgan fingerprint density at radius 3 is 2.46 bits per heavy atom. The summed E-state index contributed by atoms with van der Waals surface area (Å²) in [5.74, 6) is 2.13. The standard InChI is InChI=1S/C20H27NO3/c1-2-24-17-5-3-16(4-6-17)21-18(22)12-19-8-14-7-15(9-19)11-20(23,10-14)13-19/h3-6,14-15,23H,2,7-13H2,1H3,(H,21,22). The summed E-state index contributed by atoms with van der Waals surface area (Å²) < 4.78 is 5.43. The molecule has 0 aliphatic heterocycles. The fourth-order valence-corrected chi connectivity index (χ4v) is 5.96. The molecule has 2 atom stereocenters. The minimum Gasteiger partial charge on any atom is -0.494 e. The van der Waals surface area contributed by atoms with Gasteiger partial charge in [-0.3, -0.25) is 4.79 Å². The van der Waals surface area contributed by atoms with Gasteiger partial charge in [0.15, 0.2) is 0 Å². The molecular weight excluding hydrogens is 302 g/mol. The van der Waals surface area contributed by atoms with Gasteiger partial charge in [0, 0.05) is 12.1 Å². The first-order chi connectivity index (χ1) is 11.5. The predicted octanol–water partition coefficient (Wildman–Crippen LogP) is 3.75. The molecule has 4 fully saturated rings. The molecule has 0 radical (unpaired) electrons. The molecule has 4 nitrogen and oxygen atoms in total. The van der Waals surface area contributed by atoms with Gasteiger partial charge in [0.1, 0.15) is 5.75 Å². The van der Waals surface area contributed by atoms with Crippen LogP contribution in [0.3, 0.4) is 0 Å². The van der Waals surface area contributed by atoms with Gasteiger partial charge in [-0.25, -0.2) is 0 Å². The molecular formula is C20H27NO3. The Kier molecular flexibility index (Phi) is 3.83. The summed E-state index contributed by atoms with van der Waals surface area (Å²) in [5.41, 5.74) is 0.337. The average molecular weight is 329 g/mol. The second-order valence-corrected chi connectivity index (χ2v) is 8.37. The Morgan fingerprint density at radius 2 is 1.88 bits per heavy atom. The Hall–Kier alpha value is -1.55. The lowest BCUT2D eigenvalue weighted by Crippen LogP contribution is -2.56. The Balaban J connectivity index is 1.41. The number of nitrogens with one attached hydrogen (secondary N) is 1. The maximum Gasteiger partial charge on any atom is 0.224 e. The van der Waals surface area contributed by atoms with Gasteiger partial charge in [-0.15, -0.1) is 0 Å². The zero-order valence-electron chi connectivity index (χ0n) is 14.4. The lowest BCUT2D eigenvalue weighted by molar-refractivity contribution is -0.167. The van der Waals surface area contributed by atoms with Crippen LogP contribution in [-0.4, -0.2) is 23.2 Å². The van der Waals surface area contributed by atoms with Crippen molar-refractivity contribution >= 4 is 11.6 Å². The fraction of sp³-hybridized carbons (Fsp3) is 0.650. The van der Waals surface area contributed by atoms with Crippen LogP contribution >= 0.6 is 0 Å². The minimum atomic E-state index is -0.497. The summed E-state index contributed by atoms with van der Waals surface area (Å²) in [6.07, 6.45) is 6.73. The van der Waals surface area contributed by atoms with E-state index in [0.29, 0.717) is 24.9 Å². The van der Waals surface area contributed by atoms with E-state index in [1.807, 2.05) is 31.2 Å². The van der Waals surface area contributed by atoms with E-state index in [0.717, 1.165) is 43.5 Å². The van der Waals surface area contributed by atoms with Crippen molar-refractivity contribution in [3.8, 4) is 5.75 Å². The highest BCUT2D eigenvalue weighted by molar-refractivity contribution is 5.91. The molecule has 130 valence electrons. The minimum absolute atomic E-state index is 0.0220. The van der Waals surface area contributed by atoms with E-state index < -0.39 is 5.60 Å². The van der Waals surface area contributed by atoms with Crippen molar-refractivity contribution in [3.63, 3.8) is 0 Å². The van der Waals surface area contributed by atoms with Crippen molar-refractivity contribution in [2.75, 3.05) is 11.9 Å². The molecule has 0 saturated heterocycles. The molecule has 4 aliphatic rings. The Morgan fingerprint density at radius 1 is 1.21 bits per heavy atom. The summed E-state index contributed by atoms with van der Waals surface area (Å²) >= 11 is 0. The molecule has 0 heterocycles. The first kappa shape index (κ1) is 15.9. The normalized spacial score (nSPS) is 36.6. The zero-order chi connectivity index (χ0) is 16.8. The Labute approximate surface area is 143 Å². The smallest absolute Gasteiger partial charge is 0.224 e. The quantitative estimate of drug-likeness (QED) is 0.865. The molecule has 4 saturated carbocycles. The van der Waals surface area contributed by atoms with Crippen molar-refractivity contribution < 1.29 is 14.6 Å². The second kappa shape index (κ2) is 5.76. The van der Waals surface area contributed by atoms with Gasteiger partial charge in [0.25, 0.3) is 0 Å². The van der Waals surface area contributed by atoms with Crippen molar-refractivity contribution in [2.24, 2.45) is 17.3 Å². The van der Waals surface area contributed by atoms with E-state index in [2.05, 4.69) is 5.32 Å².